The molecule has 0 atom stereocenters. The fourth-order valence-corrected chi connectivity index (χ4v) is 2.96. The lowest BCUT2D eigenvalue weighted by Gasteiger charge is -2.12. The molecule has 0 aliphatic rings. The van der Waals surface area contributed by atoms with E-state index in [-0.39, 0.29) is 0 Å². The summed E-state index contributed by atoms with van der Waals surface area (Å²) in [5, 5.41) is 4.31. The molecule has 0 saturated heterocycles. The standard InChI is InChI=1S/C20H24N4O2/c1-13-5-4-6-16-14(12-23-19(13)16)9-10-22-20(21)24-17-11-15(25-2)7-8-18(17)26-3/h4-8,11-12,23H,9-10H2,1-3H3,(H3,21,22,24). The number of guanidine groups is 1. The second kappa shape index (κ2) is 7.82. The van der Waals surface area contributed by atoms with E-state index in [2.05, 4.69) is 40.4 Å². The SMILES string of the molecule is COc1ccc(OC)c(NC(N)=NCCc2c[nH]c3c(C)cccc23)c1. The van der Waals surface area contributed by atoms with Crippen molar-refractivity contribution in [3.05, 3.63) is 53.7 Å². The van der Waals surface area contributed by atoms with Crippen LogP contribution in [0, 0.1) is 6.92 Å². The summed E-state index contributed by atoms with van der Waals surface area (Å²) in [6.07, 6.45) is 2.85. The number of benzene rings is 2. The van der Waals surface area contributed by atoms with Gasteiger partial charge in [-0.05, 0) is 36.6 Å². The molecule has 0 spiro atoms. The number of hydrogen-bond donors (Lipinski definition) is 3. The summed E-state index contributed by atoms with van der Waals surface area (Å²) in [5.41, 5.74) is 10.4. The Hall–Kier alpha value is -3.15. The molecular weight excluding hydrogens is 328 g/mol. The molecule has 4 N–H and O–H groups in total. The van der Waals surface area contributed by atoms with E-state index in [1.54, 1.807) is 14.2 Å². The summed E-state index contributed by atoms with van der Waals surface area (Å²) < 4.78 is 10.6. The average Bonchev–Trinajstić information content (AvgIpc) is 3.06. The first-order valence-electron chi connectivity index (χ1n) is 8.47. The van der Waals surface area contributed by atoms with E-state index in [0.717, 1.165) is 17.9 Å². The van der Waals surface area contributed by atoms with Gasteiger partial charge in [-0.15, -0.1) is 0 Å². The first kappa shape index (κ1) is 17.7. The fraction of sp³-hybridized carbons (Fsp3) is 0.250. The number of aromatic nitrogens is 1. The Kier molecular flexibility index (Phi) is 5.31. The number of ether oxygens (including phenoxy) is 2. The van der Waals surface area contributed by atoms with Gasteiger partial charge >= 0.3 is 0 Å². The Bertz CT molecular complexity index is 931. The van der Waals surface area contributed by atoms with Crippen LogP contribution >= 0.6 is 0 Å². The number of nitrogens with zero attached hydrogens (tertiary/aromatic N) is 1. The summed E-state index contributed by atoms with van der Waals surface area (Å²) in [4.78, 5) is 7.76. The molecule has 6 heteroatoms. The minimum atomic E-state index is 0.340. The summed E-state index contributed by atoms with van der Waals surface area (Å²) in [7, 11) is 3.23. The third kappa shape index (κ3) is 3.74. The van der Waals surface area contributed by atoms with E-state index in [4.69, 9.17) is 15.2 Å². The lowest BCUT2D eigenvalue weighted by molar-refractivity contribution is 0.405. The van der Waals surface area contributed by atoms with Crippen molar-refractivity contribution < 1.29 is 9.47 Å². The van der Waals surface area contributed by atoms with Gasteiger partial charge in [-0.3, -0.25) is 4.99 Å². The van der Waals surface area contributed by atoms with Crippen molar-refractivity contribution in [1.29, 1.82) is 0 Å². The molecule has 0 aliphatic heterocycles. The number of fused-ring (bicyclic) bond motifs is 1. The van der Waals surface area contributed by atoms with Gasteiger partial charge in [0.25, 0.3) is 0 Å². The molecule has 3 aromatic rings. The monoisotopic (exact) mass is 352 g/mol. The van der Waals surface area contributed by atoms with Gasteiger partial charge in [0.1, 0.15) is 11.5 Å². The largest absolute Gasteiger partial charge is 0.497 e. The third-order valence-corrected chi connectivity index (χ3v) is 4.34. The van der Waals surface area contributed by atoms with Gasteiger partial charge in [-0.25, -0.2) is 0 Å². The molecule has 0 bridgehead atoms. The summed E-state index contributed by atoms with van der Waals surface area (Å²) in [5.74, 6) is 1.74. The van der Waals surface area contributed by atoms with Gasteiger partial charge in [0.15, 0.2) is 5.96 Å². The van der Waals surface area contributed by atoms with E-state index < -0.39 is 0 Å². The highest BCUT2D eigenvalue weighted by molar-refractivity contribution is 5.94. The molecule has 0 radical (unpaired) electrons. The van der Waals surface area contributed by atoms with Crippen molar-refractivity contribution in [3.8, 4) is 11.5 Å². The van der Waals surface area contributed by atoms with Crippen molar-refractivity contribution in [1.82, 2.24) is 4.98 Å². The Morgan fingerprint density at radius 3 is 2.81 bits per heavy atom. The van der Waals surface area contributed by atoms with Crippen molar-refractivity contribution in [3.63, 3.8) is 0 Å². The molecule has 1 heterocycles. The maximum absolute atomic E-state index is 6.03. The Morgan fingerprint density at radius 2 is 2.04 bits per heavy atom. The quantitative estimate of drug-likeness (QED) is 0.468. The maximum Gasteiger partial charge on any atom is 0.193 e. The van der Waals surface area contributed by atoms with E-state index in [0.29, 0.717) is 18.3 Å². The molecule has 3 rings (SSSR count). The fourth-order valence-electron chi connectivity index (χ4n) is 2.96. The molecule has 0 fully saturated rings. The van der Waals surface area contributed by atoms with Crippen molar-refractivity contribution in [2.75, 3.05) is 26.1 Å². The zero-order chi connectivity index (χ0) is 18.5. The number of methoxy groups -OCH3 is 2. The van der Waals surface area contributed by atoms with Gasteiger partial charge < -0.3 is 25.5 Å². The first-order valence-corrected chi connectivity index (χ1v) is 8.47. The molecule has 136 valence electrons. The number of hydrogen-bond acceptors (Lipinski definition) is 3. The van der Waals surface area contributed by atoms with Crippen LogP contribution in [0.1, 0.15) is 11.1 Å². The van der Waals surface area contributed by atoms with E-state index in [9.17, 15) is 0 Å². The molecule has 2 aromatic carbocycles. The van der Waals surface area contributed by atoms with Gasteiger partial charge in [-0.1, -0.05) is 18.2 Å². The lowest BCUT2D eigenvalue weighted by Crippen LogP contribution is -2.23. The van der Waals surface area contributed by atoms with E-state index >= 15 is 0 Å². The minimum absolute atomic E-state index is 0.340. The van der Waals surface area contributed by atoms with E-state index in [1.807, 2.05) is 24.4 Å². The second-order valence-electron chi connectivity index (χ2n) is 6.02. The van der Waals surface area contributed by atoms with Crippen molar-refractivity contribution in [2.24, 2.45) is 10.7 Å². The van der Waals surface area contributed by atoms with Crippen LogP contribution in [-0.4, -0.2) is 31.7 Å². The molecule has 0 saturated carbocycles. The maximum atomic E-state index is 6.03. The van der Waals surface area contributed by atoms with Crippen molar-refractivity contribution >= 4 is 22.5 Å². The van der Waals surface area contributed by atoms with Crippen LogP contribution < -0.4 is 20.5 Å². The lowest BCUT2D eigenvalue weighted by atomic mass is 10.1. The van der Waals surface area contributed by atoms with E-state index in [1.165, 1.54) is 22.0 Å². The Balaban J connectivity index is 1.68. The number of anilines is 1. The van der Waals surface area contributed by atoms with Crippen LogP contribution in [0.3, 0.4) is 0 Å². The number of aliphatic imine (C=N–C) groups is 1. The number of para-hydroxylation sites is 1. The summed E-state index contributed by atoms with van der Waals surface area (Å²) in [6, 6.07) is 11.8. The molecular formula is C20H24N4O2. The number of nitrogens with two attached hydrogens (primary N) is 1. The number of aromatic amines is 1. The van der Waals surface area contributed by atoms with Crippen LogP contribution in [0.25, 0.3) is 10.9 Å². The van der Waals surface area contributed by atoms with Crippen LogP contribution in [0.4, 0.5) is 5.69 Å². The predicted molar refractivity (Wildman–Crippen MR) is 106 cm³/mol. The number of aryl methyl sites for hydroxylation is 1. The van der Waals surface area contributed by atoms with Crippen LogP contribution in [0.5, 0.6) is 11.5 Å². The highest BCUT2D eigenvalue weighted by Crippen LogP contribution is 2.28. The molecule has 0 aliphatic carbocycles. The minimum Gasteiger partial charge on any atom is -0.497 e. The second-order valence-corrected chi connectivity index (χ2v) is 6.02. The number of H-pyrrole nitrogens is 1. The molecule has 0 amide bonds. The number of rotatable bonds is 6. The van der Waals surface area contributed by atoms with Crippen LogP contribution in [0.15, 0.2) is 47.6 Å². The van der Waals surface area contributed by atoms with Crippen molar-refractivity contribution in [2.45, 2.75) is 13.3 Å². The van der Waals surface area contributed by atoms with Crippen LogP contribution in [0.2, 0.25) is 0 Å². The topological polar surface area (TPSA) is 84.7 Å². The number of nitrogens with one attached hydrogen (secondary N) is 2. The highest BCUT2D eigenvalue weighted by atomic mass is 16.5. The zero-order valence-corrected chi connectivity index (χ0v) is 15.3. The van der Waals surface area contributed by atoms with Gasteiger partial charge in [0, 0.05) is 29.7 Å². The Labute approximate surface area is 153 Å². The molecule has 1 aromatic heterocycles. The summed E-state index contributed by atoms with van der Waals surface area (Å²) >= 11 is 0. The van der Waals surface area contributed by atoms with Gasteiger partial charge in [0.05, 0.1) is 19.9 Å². The predicted octanol–water partition coefficient (Wildman–Crippen LogP) is 3.46. The highest BCUT2D eigenvalue weighted by Gasteiger charge is 2.07. The van der Waals surface area contributed by atoms with Gasteiger partial charge in [0.2, 0.25) is 0 Å². The van der Waals surface area contributed by atoms with Crippen LogP contribution in [-0.2, 0) is 6.42 Å². The molecule has 0 unspecified atom stereocenters. The third-order valence-electron chi connectivity index (χ3n) is 4.34. The normalized spacial score (nSPS) is 11.6. The van der Waals surface area contributed by atoms with Gasteiger partial charge in [-0.2, -0.15) is 0 Å². The average molecular weight is 352 g/mol. The zero-order valence-electron chi connectivity index (χ0n) is 15.3. The molecule has 26 heavy (non-hydrogen) atoms. The smallest absolute Gasteiger partial charge is 0.193 e. The first-order chi connectivity index (χ1) is 12.6. The molecule has 6 nitrogen and oxygen atoms in total. The Morgan fingerprint density at radius 1 is 1.19 bits per heavy atom. The summed E-state index contributed by atoms with van der Waals surface area (Å²) in [6.45, 7) is 2.69.